The number of oxime groups is 1. The molecule has 1 radical (unpaired) electrons. The Morgan fingerprint density at radius 1 is 1.75 bits per heavy atom. The summed E-state index contributed by atoms with van der Waals surface area (Å²) in [6.07, 6.45) is 3.45. The highest BCUT2D eigenvalue weighted by molar-refractivity contribution is 7.09. The van der Waals surface area contributed by atoms with Gasteiger partial charge in [0.05, 0.1) is 5.69 Å². The number of aryl methyl sites for hydroxylation is 1. The summed E-state index contributed by atoms with van der Waals surface area (Å²) in [5.74, 6) is 0. The van der Waals surface area contributed by atoms with Crippen LogP contribution in [0, 0.1) is 5.51 Å². The van der Waals surface area contributed by atoms with Crippen LogP contribution >= 0.6 is 11.3 Å². The van der Waals surface area contributed by atoms with Crippen LogP contribution in [0.4, 0.5) is 0 Å². The molecule has 0 aliphatic heterocycles. The Morgan fingerprint density at radius 3 is 3.25 bits per heavy atom. The predicted molar refractivity (Wildman–Crippen MR) is 49.5 cm³/mol. The van der Waals surface area contributed by atoms with Crippen molar-refractivity contribution in [2.45, 2.75) is 19.8 Å². The fraction of sp³-hybridized carbons (Fsp3) is 0.500. The van der Waals surface area contributed by atoms with Crippen LogP contribution in [0.15, 0.2) is 5.16 Å². The van der Waals surface area contributed by atoms with Crippen molar-refractivity contribution in [3.63, 3.8) is 0 Å². The molecule has 0 saturated heterocycles. The van der Waals surface area contributed by atoms with Crippen LogP contribution in [-0.2, 0) is 17.7 Å². The third kappa shape index (κ3) is 2.30. The summed E-state index contributed by atoms with van der Waals surface area (Å²) in [4.78, 5) is 9.93. The first-order chi connectivity index (χ1) is 5.88. The zero-order chi connectivity index (χ0) is 8.81. The number of thiazole rings is 1. The van der Waals surface area contributed by atoms with Gasteiger partial charge < -0.3 is 4.84 Å². The van der Waals surface area contributed by atoms with Crippen molar-refractivity contribution in [2.24, 2.45) is 5.16 Å². The second-order valence-electron chi connectivity index (χ2n) is 2.20. The molecule has 0 fully saturated rings. The molecule has 0 saturated carbocycles. The molecule has 0 unspecified atom stereocenters. The quantitative estimate of drug-likeness (QED) is 0.525. The summed E-state index contributed by atoms with van der Waals surface area (Å²) in [6, 6.07) is 0. The Balaban J connectivity index is 2.56. The predicted octanol–water partition coefficient (Wildman–Crippen LogP) is 1.68. The number of aromatic nitrogens is 1. The van der Waals surface area contributed by atoms with E-state index < -0.39 is 0 Å². The second kappa shape index (κ2) is 4.87. The van der Waals surface area contributed by atoms with Crippen molar-refractivity contribution in [1.82, 2.24) is 4.98 Å². The number of rotatable bonds is 4. The zero-order valence-corrected chi connectivity index (χ0v) is 8.02. The first kappa shape index (κ1) is 9.19. The number of nitrogens with zero attached hydrogens (tertiary/aromatic N) is 2. The Bertz CT molecular complexity index is 257. The molecule has 0 aliphatic carbocycles. The third-order valence-corrected chi connectivity index (χ3v) is 2.41. The molecule has 12 heavy (non-hydrogen) atoms. The summed E-state index contributed by atoms with van der Waals surface area (Å²) in [6.45, 7) is 2.11. The SMILES string of the molecule is CCc1s[c]nc1CC=NOC. The lowest BCUT2D eigenvalue weighted by Crippen LogP contribution is -1.91. The number of hydrogen-bond donors (Lipinski definition) is 0. The lowest BCUT2D eigenvalue weighted by atomic mass is 10.2. The van der Waals surface area contributed by atoms with Crippen LogP contribution in [0.1, 0.15) is 17.5 Å². The van der Waals surface area contributed by atoms with E-state index in [1.54, 1.807) is 17.6 Å². The minimum absolute atomic E-state index is 0.733. The Kier molecular flexibility index (Phi) is 3.73. The van der Waals surface area contributed by atoms with Crippen molar-refractivity contribution in [3.05, 3.63) is 16.1 Å². The zero-order valence-electron chi connectivity index (χ0n) is 7.20. The third-order valence-electron chi connectivity index (χ3n) is 1.46. The van der Waals surface area contributed by atoms with Gasteiger partial charge in [0.25, 0.3) is 0 Å². The minimum Gasteiger partial charge on any atom is -0.399 e. The summed E-state index contributed by atoms with van der Waals surface area (Å²) >= 11 is 1.57. The maximum Gasteiger partial charge on any atom is 0.152 e. The molecular weight excluding hydrogens is 172 g/mol. The highest BCUT2D eigenvalue weighted by Crippen LogP contribution is 2.12. The van der Waals surface area contributed by atoms with Crippen molar-refractivity contribution in [2.75, 3.05) is 7.11 Å². The normalized spacial score (nSPS) is 10.8. The van der Waals surface area contributed by atoms with Crippen LogP contribution in [0.25, 0.3) is 0 Å². The highest BCUT2D eigenvalue weighted by atomic mass is 32.1. The molecule has 1 aromatic rings. The van der Waals surface area contributed by atoms with E-state index in [-0.39, 0.29) is 0 Å². The molecule has 0 aromatic carbocycles. The topological polar surface area (TPSA) is 34.5 Å². The van der Waals surface area contributed by atoms with E-state index in [1.807, 2.05) is 0 Å². The van der Waals surface area contributed by atoms with Crippen LogP contribution in [0.3, 0.4) is 0 Å². The molecule has 0 N–H and O–H groups in total. The summed E-state index contributed by atoms with van der Waals surface area (Å²) in [7, 11) is 1.53. The molecule has 4 heteroatoms. The fourth-order valence-electron chi connectivity index (χ4n) is 0.888. The standard InChI is InChI=1S/C8H11N2OS/c1-3-8-7(9-6-12-8)4-5-10-11-2/h5H,3-4H2,1-2H3. The molecule has 0 atom stereocenters. The molecule has 1 aromatic heterocycles. The van der Waals surface area contributed by atoms with Crippen LogP contribution < -0.4 is 0 Å². The van der Waals surface area contributed by atoms with Gasteiger partial charge in [-0.1, -0.05) is 12.1 Å². The van der Waals surface area contributed by atoms with Gasteiger partial charge in [-0.25, -0.2) is 4.98 Å². The van der Waals surface area contributed by atoms with E-state index >= 15 is 0 Å². The van der Waals surface area contributed by atoms with Gasteiger partial charge in [-0.3, -0.25) is 0 Å². The number of hydrogen-bond acceptors (Lipinski definition) is 4. The minimum atomic E-state index is 0.733. The smallest absolute Gasteiger partial charge is 0.152 e. The highest BCUT2D eigenvalue weighted by Gasteiger charge is 2.01. The van der Waals surface area contributed by atoms with Gasteiger partial charge in [0.2, 0.25) is 0 Å². The summed E-state index contributed by atoms with van der Waals surface area (Å²) in [5.41, 5.74) is 3.92. The van der Waals surface area contributed by atoms with Gasteiger partial charge >= 0.3 is 0 Å². The van der Waals surface area contributed by atoms with Crippen LogP contribution in [0.5, 0.6) is 0 Å². The van der Waals surface area contributed by atoms with E-state index in [0.717, 1.165) is 18.5 Å². The van der Waals surface area contributed by atoms with Gasteiger partial charge in [0.15, 0.2) is 5.51 Å². The molecule has 65 valence electrons. The molecule has 0 amide bonds. The summed E-state index contributed by atoms with van der Waals surface area (Å²) < 4.78 is 0. The second-order valence-corrected chi connectivity index (χ2v) is 3.08. The van der Waals surface area contributed by atoms with Gasteiger partial charge in [0.1, 0.15) is 7.11 Å². The lowest BCUT2D eigenvalue weighted by Gasteiger charge is -1.92. The van der Waals surface area contributed by atoms with E-state index in [4.69, 9.17) is 0 Å². The van der Waals surface area contributed by atoms with Gasteiger partial charge in [0, 0.05) is 17.5 Å². The van der Waals surface area contributed by atoms with Gasteiger partial charge in [-0.2, -0.15) is 0 Å². The van der Waals surface area contributed by atoms with E-state index in [1.165, 1.54) is 12.0 Å². The molecular formula is C8H11N2OS. The Labute approximate surface area is 76.1 Å². The molecule has 1 rings (SSSR count). The molecule has 1 heterocycles. The average Bonchev–Trinajstić information content (AvgIpc) is 2.52. The molecule has 3 nitrogen and oxygen atoms in total. The van der Waals surface area contributed by atoms with Crippen molar-refractivity contribution in [1.29, 1.82) is 0 Å². The van der Waals surface area contributed by atoms with E-state index in [9.17, 15) is 0 Å². The van der Waals surface area contributed by atoms with Crippen LogP contribution in [-0.4, -0.2) is 18.3 Å². The first-order valence-electron chi connectivity index (χ1n) is 3.78. The fourth-order valence-corrected chi connectivity index (χ4v) is 1.55. The Hall–Kier alpha value is -0.900. The summed E-state index contributed by atoms with van der Waals surface area (Å²) in [5, 5.41) is 3.65. The molecule has 0 spiro atoms. The van der Waals surface area contributed by atoms with Crippen LogP contribution in [0.2, 0.25) is 0 Å². The van der Waals surface area contributed by atoms with Crippen molar-refractivity contribution in [3.8, 4) is 0 Å². The van der Waals surface area contributed by atoms with E-state index in [0.29, 0.717) is 0 Å². The van der Waals surface area contributed by atoms with Gasteiger partial charge in [-0.15, -0.1) is 11.3 Å². The van der Waals surface area contributed by atoms with Crippen molar-refractivity contribution < 1.29 is 4.84 Å². The van der Waals surface area contributed by atoms with Crippen molar-refractivity contribution >= 4 is 17.6 Å². The monoisotopic (exact) mass is 183 g/mol. The maximum atomic E-state index is 4.55. The van der Waals surface area contributed by atoms with Gasteiger partial charge in [-0.05, 0) is 6.42 Å². The largest absolute Gasteiger partial charge is 0.399 e. The first-order valence-corrected chi connectivity index (χ1v) is 4.59. The lowest BCUT2D eigenvalue weighted by molar-refractivity contribution is 0.214. The maximum absolute atomic E-state index is 4.55. The van der Waals surface area contributed by atoms with E-state index in [2.05, 4.69) is 27.4 Å². The Morgan fingerprint density at radius 2 is 2.58 bits per heavy atom. The molecule has 0 bridgehead atoms. The molecule has 0 aliphatic rings. The average molecular weight is 183 g/mol.